The number of fused-ring (bicyclic) bond motifs is 6. The largest absolute Gasteiger partial charge is 0.0616 e. The van der Waals surface area contributed by atoms with Crippen molar-refractivity contribution in [2.24, 2.45) is 0 Å². The molecule has 0 N–H and O–H groups in total. The molecule has 1 aliphatic rings. The van der Waals surface area contributed by atoms with Gasteiger partial charge in [-0.2, -0.15) is 0 Å². The minimum absolute atomic E-state index is 1.28. The lowest BCUT2D eigenvalue weighted by Crippen LogP contribution is -1.84. The van der Waals surface area contributed by atoms with Crippen molar-refractivity contribution >= 4 is 32.3 Å². The normalized spacial score (nSPS) is 12.0. The Morgan fingerprint density at radius 2 is 1.07 bits per heavy atom. The van der Waals surface area contributed by atoms with Crippen molar-refractivity contribution in [3.05, 3.63) is 109 Å². The van der Waals surface area contributed by atoms with Gasteiger partial charge in [0.05, 0.1) is 0 Å². The number of hydrogen-bond donors (Lipinski definition) is 0. The zero-order valence-corrected chi connectivity index (χ0v) is 16.4. The Balaban J connectivity index is 1.56. The van der Waals surface area contributed by atoms with Gasteiger partial charge in [0.1, 0.15) is 0 Å². The Kier molecular flexibility index (Phi) is 3.09. The van der Waals surface area contributed by atoms with E-state index in [0.29, 0.717) is 0 Å². The zero-order chi connectivity index (χ0) is 19.7. The minimum atomic E-state index is 1.28. The smallest absolute Gasteiger partial charge is 0.00199 e. The highest BCUT2D eigenvalue weighted by Gasteiger charge is 2.24. The average molecular weight is 378 g/mol. The molecule has 0 heteroatoms. The van der Waals surface area contributed by atoms with E-state index in [1.807, 2.05) is 0 Å². The van der Waals surface area contributed by atoms with E-state index < -0.39 is 0 Å². The summed E-state index contributed by atoms with van der Waals surface area (Å²) in [4.78, 5) is 0. The van der Waals surface area contributed by atoms with Crippen LogP contribution in [-0.2, 0) is 0 Å². The molecule has 0 atom stereocenters. The lowest BCUT2D eigenvalue weighted by Gasteiger charge is -2.11. The van der Waals surface area contributed by atoms with E-state index in [1.165, 1.54) is 65.7 Å². The van der Waals surface area contributed by atoms with Crippen LogP contribution in [0.15, 0.2) is 109 Å². The zero-order valence-electron chi connectivity index (χ0n) is 16.4. The molecule has 0 amide bonds. The molecule has 0 nitrogen and oxygen atoms in total. The first-order valence-electron chi connectivity index (χ1n) is 10.5. The van der Waals surface area contributed by atoms with E-state index in [4.69, 9.17) is 0 Å². The molecule has 6 aromatic carbocycles. The molecule has 0 saturated carbocycles. The van der Waals surface area contributed by atoms with Crippen molar-refractivity contribution < 1.29 is 0 Å². The van der Waals surface area contributed by atoms with Gasteiger partial charge in [0.15, 0.2) is 0 Å². The predicted molar refractivity (Wildman–Crippen MR) is 129 cm³/mol. The summed E-state index contributed by atoms with van der Waals surface area (Å²) in [5.41, 5.74) is 8.02. The monoisotopic (exact) mass is 378 g/mol. The molecule has 0 unspecified atom stereocenters. The van der Waals surface area contributed by atoms with Crippen molar-refractivity contribution in [3.8, 4) is 33.4 Å². The van der Waals surface area contributed by atoms with Crippen LogP contribution in [0, 0.1) is 0 Å². The van der Waals surface area contributed by atoms with Crippen LogP contribution < -0.4 is 0 Å². The molecule has 6 aromatic rings. The fraction of sp³-hybridized carbons (Fsp3) is 0. The van der Waals surface area contributed by atoms with Crippen molar-refractivity contribution in [1.82, 2.24) is 0 Å². The first-order chi connectivity index (χ1) is 14.9. The van der Waals surface area contributed by atoms with Crippen LogP contribution in [0.25, 0.3) is 65.7 Å². The van der Waals surface area contributed by atoms with Crippen LogP contribution in [0.3, 0.4) is 0 Å². The van der Waals surface area contributed by atoms with Gasteiger partial charge in [-0.05, 0) is 71.8 Å². The van der Waals surface area contributed by atoms with E-state index in [0.717, 1.165) is 0 Å². The van der Waals surface area contributed by atoms with Gasteiger partial charge in [0.2, 0.25) is 0 Å². The second-order valence-electron chi connectivity index (χ2n) is 8.16. The van der Waals surface area contributed by atoms with Gasteiger partial charge in [-0.25, -0.2) is 0 Å². The molecular formula is C30H18. The third kappa shape index (κ3) is 2.06. The molecular weight excluding hydrogens is 360 g/mol. The molecule has 0 saturated heterocycles. The van der Waals surface area contributed by atoms with Crippen molar-refractivity contribution in [1.29, 1.82) is 0 Å². The molecule has 0 bridgehead atoms. The average Bonchev–Trinajstić information content (AvgIpc) is 3.15. The first kappa shape index (κ1) is 16.0. The molecule has 30 heavy (non-hydrogen) atoms. The summed E-state index contributed by atoms with van der Waals surface area (Å²) in [5, 5.41) is 7.93. The summed E-state index contributed by atoms with van der Waals surface area (Å²) in [5.74, 6) is 0. The fourth-order valence-electron chi connectivity index (χ4n) is 5.23. The standard InChI is InChI=1S/C30H18/c1-2-8-21-18-22(13-12-19(21)6-1)23-16-17-28-29-24-9-4-3-7-20(24)14-15-27(29)26-11-5-10-25(23)30(26)28/h1-18H. The quantitative estimate of drug-likeness (QED) is 0.269. The Hall–Kier alpha value is -3.90. The van der Waals surface area contributed by atoms with Crippen molar-refractivity contribution in [2.75, 3.05) is 0 Å². The fourth-order valence-corrected chi connectivity index (χ4v) is 5.23. The number of benzene rings is 6. The summed E-state index contributed by atoms with van der Waals surface area (Å²) < 4.78 is 0. The van der Waals surface area contributed by atoms with E-state index in [-0.39, 0.29) is 0 Å². The van der Waals surface area contributed by atoms with Crippen molar-refractivity contribution in [3.63, 3.8) is 0 Å². The Labute approximate surface area is 175 Å². The van der Waals surface area contributed by atoms with E-state index in [1.54, 1.807) is 0 Å². The van der Waals surface area contributed by atoms with Crippen LogP contribution >= 0.6 is 0 Å². The van der Waals surface area contributed by atoms with E-state index in [2.05, 4.69) is 109 Å². The molecule has 138 valence electrons. The molecule has 0 fully saturated rings. The third-order valence-electron chi connectivity index (χ3n) is 6.59. The molecule has 0 radical (unpaired) electrons. The van der Waals surface area contributed by atoms with E-state index in [9.17, 15) is 0 Å². The summed E-state index contributed by atoms with van der Waals surface area (Å²) in [6.07, 6.45) is 0. The van der Waals surface area contributed by atoms with Gasteiger partial charge in [0.25, 0.3) is 0 Å². The predicted octanol–water partition coefficient (Wildman–Crippen LogP) is 8.46. The maximum atomic E-state index is 2.33. The highest BCUT2D eigenvalue weighted by atomic mass is 14.3. The maximum absolute atomic E-state index is 2.33. The summed E-state index contributed by atoms with van der Waals surface area (Å²) in [6, 6.07) is 40.1. The minimum Gasteiger partial charge on any atom is -0.0616 e. The van der Waals surface area contributed by atoms with Crippen LogP contribution in [-0.4, -0.2) is 0 Å². The number of rotatable bonds is 1. The summed E-state index contributed by atoms with van der Waals surface area (Å²) in [6.45, 7) is 0. The number of hydrogen-bond acceptors (Lipinski definition) is 0. The topological polar surface area (TPSA) is 0 Å². The van der Waals surface area contributed by atoms with Gasteiger partial charge < -0.3 is 0 Å². The maximum Gasteiger partial charge on any atom is -0.00199 e. The lowest BCUT2D eigenvalue weighted by molar-refractivity contribution is 1.69. The molecule has 0 aromatic heterocycles. The summed E-state index contributed by atoms with van der Waals surface area (Å²) in [7, 11) is 0. The molecule has 0 aliphatic heterocycles. The first-order valence-corrected chi connectivity index (χ1v) is 10.5. The Morgan fingerprint density at radius 1 is 0.367 bits per heavy atom. The second-order valence-corrected chi connectivity index (χ2v) is 8.16. The Morgan fingerprint density at radius 3 is 2.00 bits per heavy atom. The summed E-state index contributed by atoms with van der Waals surface area (Å²) >= 11 is 0. The SMILES string of the molecule is c1ccc2cc(-c3ccc4c5c(cccc35)-c3ccc5ccccc5c3-4)ccc2c1. The highest BCUT2D eigenvalue weighted by Crippen LogP contribution is 2.51. The van der Waals surface area contributed by atoms with Gasteiger partial charge >= 0.3 is 0 Å². The highest BCUT2D eigenvalue weighted by molar-refractivity contribution is 6.23. The Bertz CT molecular complexity index is 1640. The van der Waals surface area contributed by atoms with Crippen molar-refractivity contribution in [2.45, 2.75) is 0 Å². The van der Waals surface area contributed by atoms with E-state index >= 15 is 0 Å². The third-order valence-corrected chi connectivity index (χ3v) is 6.59. The van der Waals surface area contributed by atoms with Crippen LogP contribution in [0.4, 0.5) is 0 Å². The molecule has 1 aliphatic carbocycles. The van der Waals surface area contributed by atoms with Gasteiger partial charge in [-0.15, -0.1) is 0 Å². The van der Waals surface area contributed by atoms with Crippen LogP contribution in [0.5, 0.6) is 0 Å². The lowest BCUT2D eigenvalue weighted by atomic mass is 9.92. The van der Waals surface area contributed by atoms with Gasteiger partial charge in [-0.3, -0.25) is 0 Å². The van der Waals surface area contributed by atoms with Gasteiger partial charge in [-0.1, -0.05) is 103 Å². The van der Waals surface area contributed by atoms with Gasteiger partial charge in [0, 0.05) is 0 Å². The molecule has 0 spiro atoms. The molecule has 0 heterocycles. The second kappa shape index (κ2) is 5.81. The van der Waals surface area contributed by atoms with Crippen LogP contribution in [0.1, 0.15) is 0 Å². The van der Waals surface area contributed by atoms with Crippen LogP contribution in [0.2, 0.25) is 0 Å². The molecule has 7 rings (SSSR count).